The molecule has 1 heterocycles. The van der Waals surface area contributed by atoms with Crippen LogP contribution in [0.1, 0.15) is 39.5 Å². The molecule has 1 saturated heterocycles. The molecule has 4 heteroatoms. The third kappa shape index (κ3) is 2.69. The van der Waals surface area contributed by atoms with E-state index >= 15 is 0 Å². The number of nitrogens with zero attached hydrogens (tertiary/aromatic N) is 1. The van der Waals surface area contributed by atoms with Gasteiger partial charge >= 0.3 is 0 Å². The molecule has 1 aliphatic carbocycles. The molecule has 16 heavy (non-hydrogen) atoms. The van der Waals surface area contributed by atoms with Crippen molar-refractivity contribution >= 4 is 18.3 Å². The Labute approximate surface area is 104 Å². The maximum Gasteiger partial charge on any atom is 0.227 e. The standard InChI is InChI=1S/C12H22N2O.ClH/c1-12(2)6-7-14(8-12)11(15)9-4-3-5-10(9)13;/h9-10H,3-8,13H2,1-2H3;1H. The van der Waals surface area contributed by atoms with Crippen molar-refractivity contribution in [3.63, 3.8) is 0 Å². The van der Waals surface area contributed by atoms with Crippen molar-refractivity contribution in [2.24, 2.45) is 17.1 Å². The van der Waals surface area contributed by atoms with E-state index in [0.29, 0.717) is 11.3 Å². The van der Waals surface area contributed by atoms with Crippen LogP contribution >= 0.6 is 12.4 Å². The average Bonchev–Trinajstić information content (AvgIpc) is 2.71. The Morgan fingerprint density at radius 3 is 2.50 bits per heavy atom. The minimum absolute atomic E-state index is 0. The van der Waals surface area contributed by atoms with Gasteiger partial charge in [0.1, 0.15) is 0 Å². The van der Waals surface area contributed by atoms with Gasteiger partial charge in [0, 0.05) is 19.1 Å². The molecule has 0 spiro atoms. The van der Waals surface area contributed by atoms with Gasteiger partial charge in [0.25, 0.3) is 0 Å². The van der Waals surface area contributed by atoms with Crippen LogP contribution < -0.4 is 5.73 Å². The molecule has 3 nitrogen and oxygen atoms in total. The molecular weight excluding hydrogens is 224 g/mol. The van der Waals surface area contributed by atoms with E-state index in [-0.39, 0.29) is 24.4 Å². The third-order valence-corrected chi connectivity index (χ3v) is 3.88. The van der Waals surface area contributed by atoms with Gasteiger partial charge in [0.15, 0.2) is 0 Å². The zero-order valence-corrected chi connectivity index (χ0v) is 11.1. The summed E-state index contributed by atoms with van der Waals surface area (Å²) in [6, 6.07) is 0.112. The second kappa shape index (κ2) is 4.92. The first-order chi connectivity index (χ1) is 6.99. The first-order valence-corrected chi connectivity index (χ1v) is 6.04. The molecule has 0 aromatic carbocycles. The molecule has 1 amide bonds. The smallest absolute Gasteiger partial charge is 0.227 e. The second-order valence-electron chi connectivity index (χ2n) is 5.88. The maximum atomic E-state index is 12.2. The lowest BCUT2D eigenvalue weighted by Crippen LogP contribution is -2.41. The highest BCUT2D eigenvalue weighted by Gasteiger charge is 2.38. The Morgan fingerprint density at radius 2 is 2.06 bits per heavy atom. The van der Waals surface area contributed by atoms with Gasteiger partial charge in [0.05, 0.1) is 5.92 Å². The molecular formula is C12H23ClN2O. The summed E-state index contributed by atoms with van der Waals surface area (Å²) in [6.45, 7) is 6.30. The number of amides is 1. The Hall–Kier alpha value is -0.280. The van der Waals surface area contributed by atoms with Crippen LogP contribution in [0.4, 0.5) is 0 Å². The van der Waals surface area contributed by atoms with Crippen LogP contribution in [0.3, 0.4) is 0 Å². The van der Waals surface area contributed by atoms with Crippen LogP contribution in [0.15, 0.2) is 0 Å². The molecule has 0 radical (unpaired) electrons. The zero-order chi connectivity index (χ0) is 11.1. The summed E-state index contributed by atoms with van der Waals surface area (Å²) in [4.78, 5) is 14.2. The normalized spacial score (nSPS) is 32.6. The molecule has 1 aliphatic heterocycles. The Morgan fingerprint density at radius 1 is 1.38 bits per heavy atom. The molecule has 2 atom stereocenters. The van der Waals surface area contributed by atoms with E-state index in [1.807, 2.05) is 4.90 Å². The summed E-state index contributed by atoms with van der Waals surface area (Å²) in [5.41, 5.74) is 6.27. The molecule has 2 unspecified atom stereocenters. The summed E-state index contributed by atoms with van der Waals surface area (Å²) < 4.78 is 0. The molecule has 2 fully saturated rings. The van der Waals surface area contributed by atoms with Gasteiger partial charge in [-0.15, -0.1) is 12.4 Å². The van der Waals surface area contributed by atoms with Gasteiger partial charge in [0.2, 0.25) is 5.91 Å². The lowest BCUT2D eigenvalue weighted by atomic mass is 9.93. The highest BCUT2D eigenvalue weighted by atomic mass is 35.5. The maximum absolute atomic E-state index is 12.2. The summed E-state index contributed by atoms with van der Waals surface area (Å²) in [5.74, 6) is 0.421. The Bertz CT molecular complexity index is 268. The van der Waals surface area contributed by atoms with Crippen molar-refractivity contribution in [2.75, 3.05) is 13.1 Å². The highest BCUT2D eigenvalue weighted by Crippen LogP contribution is 2.32. The van der Waals surface area contributed by atoms with Crippen LogP contribution in [0.2, 0.25) is 0 Å². The Balaban J connectivity index is 0.00000128. The largest absolute Gasteiger partial charge is 0.342 e. The third-order valence-electron chi connectivity index (χ3n) is 3.88. The average molecular weight is 247 g/mol. The molecule has 0 bridgehead atoms. The van der Waals surface area contributed by atoms with Crippen LogP contribution in [0, 0.1) is 11.3 Å². The summed E-state index contributed by atoms with van der Waals surface area (Å²) >= 11 is 0. The van der Waals surface area contributed by atoms with Gasteiger partial charge in [-0.25, -0.2) is 0 Å². The molecule has 2 rings (SSSR count). The van der Waals surface area contributed by atoms with E-state index in [4.69, 9.17) is 5.73 Å². The fraction of sp³-hybridized carbons (Fsp3) is 0.917. The highest BCUT2D eigenvalue weighted by molar-refractivity contribution is 5.85. The van der Waals surface area contributed by atoms with E-state index in [2.05, 4.69) is 13.8 Å². The van der Waals surface area contributed by atoms with Crippen molar-refractivity contribution in [1.29, 1.82) is 0 Å². The van der Waals surface area contributed by atoms with E-state index in [1.54, 1.807) is 0 Å². The number of hydrogen-bond donors (Lipinski definition) is 1. The van der Waals surface area contributed by atoms with Crippen LogP contribution in [0.25, 0.3) is 0 Å². The molecule has 0 aromatic rings. The van der Waals surface area contributed by atoms with Gasteiger partial charge in [-0.1, -0.05) is 20.3 Å². The van der Waals surface area contributed by atoms with Gasteiger partial charge in [-0.2, -0.15) is 0 Å². The molecule has 2 aliphatic rings. The van der Waals surface area contributed by atoms with E-state index < -0.39 is 0 Å². The van der Waals surface area contributed by atoms with E-state index in [9.17, 15) is 4.79 Å². The minimum atomic E-state index is 0. The van der Waals surface area contributed by atoms with Crippen molar-refractivity contribution in [2.45, 2.75) is 45.6 Å². The van der Waals surface area contributed by atoms with Crippen molar-refractivity contribution in [3.8, 4) is 0 Å². The zero-order valence-electron chi connectivity index (χ0n) is 10.2. The van der Waals surface area contributed by atoms with Crippen LogP contribution in [-0.2, 0) is 4.79 Å². The lowest BCUT2D eigenvalue weighted by molar-refractivity contribution is -0.135. The second-order valence-corrected chi connectivity index (χ2v) is 5.88. The Kier molecular flexibility index (Phi) is 4.24. The molecule has 94 valence electrons. The molecule has 0 aromatic heterocycles. The number of carbonyl (C=O) groups excluding carboxylic acids is 1. The lowest BCUT2D eigenvalue weighted by Gasteiger charge is -2.24. The number of carbonyl (C=O) groups is 1. The predicted octanol–water partition coefficient (Wildman–Crippen LogP) is 1.79. The summed E-state index contributed by atoms with van der Waals surface area (Å²) in [6.07, 6.45) is 4.26. The fourth-order valence-electron chi connectivity index (χ4n) is 2.83. The number of nitrogens with two attached hydrogens (primary N) is 1. The minimum Gasteiger partial charge on any atom is -0.342 e. The van der Waals surface area contributed by atoms with Gasteiger partial charge in [-0.3, -0.25) is 4.79 Å². The van der Waals surface area contributed by atoms with Crippen molar-refractivity contribution in [1.82, 2.24) is 4.90 Å². The van der Waals surface area contributed by atoms with Crippen molar-refractivity contribution in [3.05, 3.63) is 0 Å². The van der Waals surface area contributed by atoms with E-state index in [0.717, 1.165) is 38.8 Å². The molecule has 2 N–H and O–H groups in total. The van der Waals surface area contributed by atoms with Crippen LogP contribution in [-0.4, -0.2) is 29.9 Å². The number of hydrogen-bond acceptors (Lipinski definition) is 2. The number of likely N-dealkylation sites (tertiary alicyclic amines) is 1. The number of halogens is 1. The topological polar surface area (TPSA) is 46.3 Å². The number of rotatable bonds is 1. The quantitative estimate of drug-likeness (QED) is 0.767. The monoisotopic (exact) mass is 246 g/mol. The summed E-state index contributed by atoms with van der Waals surface area (Å²) in [5, 5.41) is 0. The fourth-order valence-corrected chi connectivity index (χ4v) is 2.83. The molecule has 1 saturated carbocycles. The summed E-state index contributed by atoms with van der Waals surface area (Å²) in [7, 11) is 0. The van der Waals surface area contributed by atoms with Crippen molar-refractivity contribution < 1.29 is 4.79 Å². The first-order valence-electron chi connectivity index (χ1n) is 6.04. The van der Waals surface area contributed by atoms with E-state index in [1.165, 1.54) is 0 Å². The first kappa shape index (κ1) is 13.8. The predicted molar refractivity (Wildman–Crippen MR) is 67.5 cm³/mol. The SMILES string of the molecule is CC1(C)CCN(C(=O)C2CCCC2N)C1.Cl. The van der Waals surface area contributed by atoms with Gasteiger partial charge < -0.3 is 10.6 Å². The van der Waals surface area contributed by atoms with Crippen LogP contribution in [0.5, 0.6) is 0 Å². The van der Waals surface area contributed by atoms with Gasteiger partial charge in [-0.05, 0) is 24.7 Å².